The van der Waals surface area contributed by atoms with E-state index in [4.69, 9.17) is 5.41 Å². The van der Waals surface area contributed by atoms with Gasteiger partial charge in [-0.05, 0) is 42.8 Å². The standard InChI is InChI=1S/C20H19FN6O/c1-13(14-2-4-16(21)5-3-14)25-20(28)27-19-10-15(11-22)18(12-24-19)26-17-6-8-23-9-7-17/h2-13,22H,1H3,(H,23,26)(H2,24,25,27,28)/t13-/m1/s1. The van der Waals surface area contributed by atoms with E-state index in [2.05, 4.69) is 25.9 Å². The molecule has 3 rings (SSSR count). The maximum atomic E-state index is 13.0. The summed E-state index contributed by atoms with van der Waals surface area (Å²) in [6, 6.07) is 10.4. The summed E-state index contributed by atoms with van der Waals surface area (Å²) in [5.74, 6) is -0.0215. The topological polar surface area (TPSA) is 103 Å². The van der Waals surface area contributed by atoms with Gasteiger partial charge in [0.1, 0.15) is 11.6 Å². The van der Waals surface area contributed by atoms with E-state index in [1.54, 1.807) is 55.8 Å². The molecule has 4 N–H and O–H groups in total. The van der Waals surface area contributed by atoms with Crippen molar-refractivity contribution >= 4 is 29.4 Å². The Bertz CT molecular complexity index is 962. The van der Waals surface area contributed by atoms with Gasteiger partial charge in [0.2, 0.25) is 0 Å². The van der Waals surface area contributed by atoms with Crippen molar-refractivity contribution < 1.29 is 9.18 Å². The first-order valence-electron chi connectivity index (χ1n) is 8.55. The predicted octanol–water partition coefficient (Wildman–Crippen LogP) is 4.24. The average Bonchev–Trinajstić information content (AvgIpc) is 2.70. The Kier molecular flexibility index (Phi) is 5.91. The zero-order valence-corrected chi connectivity index (χ0v) is 15.1. The van der Waals surface area contributed by atoms with Gasteiger partial charge in [0.25, 0.3) is 0 Å². The Balaban J connectivity index is 1.65. The zero-order valence-electron chi connectivity index (χ0n) is 15.1. The fourth-order valence-corrected chi connectivity index (χ4v) is 2.54. The Labute approximate surface area is 161 Å². The van der Waals surface area contributed by atoms with Gasteiger partial charge in [-0.3, -0.25) is 10.3 Å². The molecule has 0 fully saturated rings. The Morgan fingerprint density at radius 2 is 1.89 bits per heavy atom. The largest absolute Gasteiger partial charge is 0.354 e. The molecule has 2 heterocycles. The molecule has 0 unspecified atom stereocenters. The van der Waals surface area contributed by atoms with Crippen molar-refractivity contribution in [1.82, 2.24) is 15.3 Å². The Morgan fingerprint density at radius 3 is 2.57 bits per heavy atom. The molecular formula is C20H19FN6O. The molecule has 0 saturated carbocycles. The van der Waals surface area contributed by atoms with Crippen LogP contribution in [0.3, 0.4) is 0 Å². The van der Waals surface area contributed by atoms with E-state index in [9.17, 15) is 9.18 Å². The molecular weight excluding hydrogens is 359 g/mol. The molecule has 0 saturated heterocycles. The first-order valence-corrected chi connectivity index (χ1v) is 8.55. The number of urea groups is 1. The van der Waals surface area contributed by atoms with Crippen LogP contribution in [0.5, 0.6) is 0 Å². The van der Waals surface area contributed by atoms with Gasteiger partial charge < -0.3 is 16.0 Å². The second kappa shape index (κ2) is 8.72. The minimum atomic E-state index is -0.449. The van der Waals surface area contributed by atoms with E-state index in [1.165, 1.54) is 18.3 Å². The molecule has 0 aliphatic heterocycles. The molecule has 0 aliphatic carbocycles. The van der Waals surface area contributed by atoms with Crippen molar-refractivity contribution in [2.75, 3.05) is 10.6 Å². The number of pyridine rings is 2. The summed E-state index contributed by atoms with van der Waals surface area (Å²) in [5, 5.41) is 16.2. The van der Waals surface area contributed by atoms with Crippen molar-refractivity contribution in [3.05, 3.63) is 78.0 Å². The quantitative estimate of drug-likeness (QED) is 0.482. The van der Waals surface area contributed by atoms with Gasteiger partial charge in [-0.1, -0.05) is 12.1 Å². The molecule has 1 atom stereocenters. The van der Waals surface area contributed by atoms with Crippen LogP contribution in [0.2, 0.25) is 0 Å². The first kappa shape index (κ1) is 19.0. The summed E-state index contributed by atoms with van der Waals surface area (Å²) in [6.07, 6.45) is 6.03. The van der Waals surface area contributed by atoms with Crippen LogP contribution in [0.4, 0.5) is 26.4 Å². The van der Waals surface area contributed by atoms with E-state index >= 15 is 0 Å². The molecule has 142 valence electrons. The Hall–Kier alpha value is -3.81. The monoisotopic (exact) mass is 378 g/mol. The second-order valence-corrected chi connectivity index (χ2v) is 6.03. The maximum absolute atomic E-state index is 13.0. The summed E-state index contributed by atoms with van der Waals surface area (Å²) in [7, 11) is 0. The lowest BCUT2D eigenvalue weighted by atomic mass is 10.1. The lowest BCUT2D eigenvalue weighted by Crippen LogP contribution is -2.31. The number of hydrogen-bond acceptors (Lipinski definition) is 5. The Morgan fingerprint density at radius 1 is 1.18 bits per heavy atom. The highest BCUT2D eigenvalue weighted by Gasteiger charge is 2.11. The molecule has 2 aromatic heterocycles. The number of nitrogens with zero attached hydrogens (tertiary/aromatic N) is 2. The number of benzene rings is 1. The van der Waals surface area contributed by atoms with Crippen LogP contribution < -0.4 is 16.0 Å². The van der Waals surface area contributed by atoms with Crippen molar-refractivity contribution in [3.8, 4) is 0 Å². The van der Waals surface area contributed by atoms with Crippen LogP contribution >= 0.6 is 0 Å². The van der Waals surface area contributed by atoms with Crippen molar-refractivity contribution in [3.63, 3.8) is 0 Å². The molecule has 2 amide bonds. The number of rotatable bonds is 6. The van der Waals surface area contributed by atoms with Gasteiger partial charge in [-0.25, -0.2) is 14.2 Å². The third-order valence-corrected chi connectivity index (χ3v) is 4.01. The van der Waals surface area contributed by atoms with E-state index in [-0.39, 0.29) is 11.9 Å². The maximum Gasteiger partial charge on any atom is 0.320 e. The SMILES string of the molecule is C[C@@H](NC(=O)Nc1cc(C=N)c(Nc2ccncc2)cn1)c1ccc(F)cc1. The van der Waals surface area contributed by atoms with Crippen molar-refractivity contribution in [2.24, 2.45) is 0 Å². The van der Waals surface area contributed by atoms with E-state index in [0.717, 1.165) is 11.3 Å². The number of hydrogen-bond donors (Lipinski definition) is 4. The predicted molar refractivity (Wildman–Crippen MR) is 107 cm³/mol. The third-order valence-electron chi connectivity index (χ3n) is 4.01. The number of carbonyl (C=O) groups excluding carboxylic acids is 1. The lowest BCUT2D eigenvalue weighted by Gasteiger charge is -2.15. The van der Waals surface area contributed by atoms with Gasteiger partial charge in [0, 0.05) is 29.9 Å². The summed E-state index contributed by atoms with van der Waals surface area (Å²) in [6.45, 7) is 1.80. The molecule has 0 bridgehead atoms. The smallest absolute Gasteiger partial charge is 0.320 e. The van der Waals surface area contributed by atoms with Crippen LogP contribution in [-0.2, 0) is 0 Å². The molecule has 0 spiro atoms. The highest BCUT2D eigenvalue weighted by atomic mass is 19.1. The summed E-state index contributed by atoms with van der Waals surface area (Å²) in [5.41, 5.74) is 2.79. The van der Waals surface area contributed by atoms with Crippen molar-refractivity contribution in [2.45, 2.75) is 13.0 Å². The lowest BCUT2D eigenvalue weighted by molar-refractivity contribution is 0.249. The van der Waals surface area contributed by atoms with E-state index in [0.29, 0.717) is 17.1 Å². The van der Waals surface area contributed by atoms with Gasteiger partial charge in [-0.2, -0.15) is 0 Å². The zero-order chi connectivity index (χ0) is 19.9. The van der Waals surface area contributed by atoms with E-state index in [1.807, 2.05) is 0 Å². The number of halogens is 1. The van der Waals surface area contributed by atoms with Gasteiger partial charge >= 0.3 is 6.03 Å². The summed E-state index contributed by atoms with van der Waals surface area (Å²) in [4.78, 5) is 20.4. The number of anilines is 3. The first-order chi connectivity index (χ1) is 13.5. The second-order valence-electron chi connectivity index (χ2n) is 6.03. The summed E-state index contributed by atoms with van der Waals surface area (Å²) >= 11 is 0. The minimum absolute atomic E-state index is 0.308. The minimum Gasteiger partial charge on any atom is -0.354 e. The molecule has 0 aliphatic rings. The van der Waals surface area contributed by atoms with Crippen LogP contribution in [0.15, 0.2) is 61.1 Å². The van der Waals surface area contributed by atoms with Crippen LogP contribution in [0.25, 0.3) is 0 Å². The fraction of sp³-hybridized carbons (Fsp3) is 0.100. The van der Waals surface area contributed by atoms with E-state index < -0.39 is 6.03 Å². The normalized spacial score (nSPS) is 11.4. The fourth-order valence-electron chi connectivity index (χ4n) is 2.54. The summed E-state index contributed by atoms with van der Waals surface area (Å²) < 4.78 is 13.0. The number of nitrogens with one attached hydrogen (secondary N) is 4. The number of amides is 2. The third kappa shape index (κ3) is 4.88. The molecule has 0 radical (unpaired) electrons. The molecule has 8 heteroatoms. The number of aromatic nitrogens is 2. The highest BCUT2D eigenvalue weighted by molar-refractivity contribution is 5.92. The molecule has 3 aromatic rings. The van der Waals surface area contributed by atoms with Crippen LogP contribution in [0, 0.1) is 11.2 Å². The van der Waals surface area contributed by atoms with Gasteiger partial charge in [-0.15, -0.1) is 0 Å². The van der Waals surface area contributed by atoms with Crippen LogP contribution in [-0.4, -0.2) is 22.2 Å². The molecule has 1 aromatic carbocycles. The van der Waals surface area contributed by atoms with Gasteiger partial charge in [0.05, 0.1) is 17.9 Å². The highest BCUT2D eigenvalue weighted by Crippen LogP contribution is 2.21. The van der Waals surface area contributed by atoms with Crippen LogP contribution in [0.1, 0.15) is 24.1 Å². The van der Waals surface area contributed by atoms with Gasteiger partial charge in [0.15, 0.2) is 0 Å². The average molecular weight is 378 g/mol. The molecule has 28 heavy (non-hydrogen) atoms. The van der Waals surface area contributed by atoms with Crippen molar-refractivity contribution in [1.29, 1.82) is 5.41 Å². The number of carbonyl (C=O) groups is 1. The molecule has 7 nitrogen and oxygen atoms in total.